The number of rotatable bonds is 1. The van der Waals surface area contributed by atoms with Gasteiger partial charge in [0.2, 0.25) is 0 Å². The second-order valence-corrected chi connectivity index (χ2v) is 9.23. The van der Waals surface area contributed by atoms with Crippen LogP contribution in [0.25, 0.3) is 0 Å². The van der Waals surface area contributed by atoms with Crippen LogP contribution in [0.2, 0.25) is 0 Å². The summed E-state index contributed by atoms with van der Waals surface area (Å²) in [6.45, 7) is 8.87. The maximum atomic E-state index is 11.5. The van der Waals surface area contributed by atoms with Crippen LogP contribution in [0.4, 0.5) is 0 Å². The minimum absolute atomic E-state index is 0.503. The Balaban J connectivity index is 0.000000921. The van der Waals surface area contributed by atoms with E-state index in [0.717, 1.165) is 23.0 Å². The fourth-order valence-electron chi connectivity index (χ4n) is 3.37. The number of thioether (sulfide) groups is 1. The minimum atomic E-state index is -0.503. The molecule has 1 atom stereocenters. The van der Waals surface area contributed by atoms with E-state index >= 15 is 0 Å². The van der Waals surface area contributed by atoms with E-state index in [2.05, 4.69) is 56.5 Å². The molecular weight excluding hydrogens is 394 g/mol. The fraction of sp³-hybridized carbons (Fsp3) is 0.400. The van der Waals surface area contributed by atoms with E-state index in [9.17, 15) is 4.91 Å². The second kappa shape index (κ2) is 11.8. The third kappa shape index (κ3) is 5.55. The van der Waals surface area contributed by atoms with E-state index in [4.69, 9.17) is 20.5 Å². The molecule has 2 aromatic carbocycles. The maximum absolute atomic E-state index is 11.5. The third-order valence-corrected chi connectivity index (χ3v) is 7.75. The summed E-state index contributed by atoms with van der Waals surface area (Å²) in [5, 5.41) is 0. The van der Waals surface area contributed by atoms with E-state index in [-0.39, 0.29) is 0 Å². The third-order valence-electron chi connectivity index (χ3n) is 5.22. The van der Waals surface area contributed by atoms with Crippen LogP contribution >= 0.6 is 11.8 Å². The van der Waals surface area contributed by atoms with E-state index in [1.165, 1.54) is 44.5 Å². The van der Waals surface area contributed by atoms with Crippen LogP contribution in [0, 0.1) is 43.5 Å². The van der Waals surface area contributed by atoms with Crippen LogP contribution in [0.3, 0.4) is 0 Å². The Labute approximate surface area is 172 Å². The van der Waals surface area contributed by atoms with Crippen LogP contribution in [-0.4, -0.2) is 0 Å². The van der Waals surface area contributed by atoms with E-state index < -0.39 is 11.1 Å². The molecule has 6 nitrogen and oxygen atoms in total. The first-order valence-corrected chi connectivity index (χ1v) is 11.3. The van der Waals surface area contributed by atoms with Gasteiger partial charge in [-0.2, -0.15) is 11.8 Å². The monoisotopic (exact) mass is 418 g/mol. The standard InChI is InChI=1S/C20H24NOS2.2NO/c1-13-15(3)20-12-24(21-22)11-18-7-5-17(6-8-18)9-23-10-19(13)14(2)16(20)4;2*1-2/h5-8H,9-12H2,1-4H3;;/q3*+1. The van der Waals surface area contributed by atoms with Gasteiger partial charge >= 0.3 is 20.5 Å². The quantitative estimate of drug-likeness (QED) is 0.451. The molecule has 0 saturated heterocycles. The molecule has 0 aromatic heterocycles. The first-order valence-electron chi connectivity index (χ1n) is 8.62. The van der Waals surface area contributed by atoms with Crippen molar-refractivity contribution in [1.29, 1.82) is 10.9 Å². The summed E-state index contributed by atoms with van der Waals surface area (Å²) < 4.78 is 18.0. The molecule has 6 rings (SSSR count). The zero-order valence-electron chi connectivity index (χ0n) is 16.5. The van der Waals surface area contributed by atoms with Crippen LogP contribution in [-0.2, 0) is 43.6 Å². The van der Waals surface area contributed by atoms with Gasteiger partial charge in [-0.3, -0.25) is 0 Å². The SMILES string of the molecule is Cc1c(C)c2c(C)c(C)c1CSCc1ccc(cc1)C[S+](N=O)C2.N#[O+].N#[O+]. The van der Waals surface area contributed by atoms with Crippen molar-refractivity contribution < 1.29 is 9.55 Å². The fourth-order valence-corrected chi connectivity index (χ4v) is 6.08. The molecular formula is C20H24N3O3S2+3. The summed E-state index contributed by atoms with van der Waals surface area (Å²) >= 11 is 1.48. The second-order valence-electron chi connectivity index (χ2n) is 6.59. The molecule has 2 aromatic rings. The summed E-state index contributed by atoms with van der Waals surface area (Å²) in [6.07, 6.45) is 0. The number of benzene rings is 2. The molecule has 0 amide bonds. The Kier molecular flexibility index (Phi) is 10.2. The van der Waals surface area contributed by atoms with Gasteiger partial charge in [0.05, 0.1) is 0 Å². The summed E-state index contributed by atoms with van der Waals surface area (Å²) in [4.78, 5) is 11.5. The molecule has 4 aliphatic rings. The molecule has 0 saturated carbocycles. The number of hydrogen-bond acceptors (Lipinski definition) is 5. The molecule has 0 radical (unpaired) electrons. The molecule has 0 aliphatic carbocycles. The van der Waals surface area contributed by atoms with Gasteiger partial charge in [-0.05, 0) is 61.1 Å². The Hall–Kier alpha value is -1.92. The van der Waals surface area contributed by atoms with Gasteiger partial charge in [0.25, 0.3) is 0 Å². The first kappa shape index (κ1) is 24.1. The zero-order valence-corrected chi connectivity index (χ0v) is 18.2. The van der Waals surface area contributed by atoms with E-state index in [1.54, 1.807) is 0 Å². The van der Waals surface area contributed by atoms with Crippen LogP contribution in [0.5, 0.6) is 0 Å². The van der Waals surface area contributed by atoms with Crippen molar-refractivity contribution in [3.8, 4) is 0 Å². The molecule has 4 aliphatic heterocycles. The molecule has 8 heteroatoms. The Morgan fingerprint density at radius 2 is 1.25 bits per heavy atom. The van der Waals surface area contributed by atoms with Gasteiger partial charge in [-0.1, -0.05) is 29.2 Å². The van der Waals surface area contributed by atoms with Gasteiger partial charge in [0.1, 0.15) is 0 Å². The first-order chi connectivity index (χ1) is 13.5. The van der Waals surface area contributed by atoms with Gasteiger partial charge < -0.3 is 0 Å². The van der Waals surface area contributed by atoms with Crippen molar-refractivity contribution in [3.63, 3.8) is 0 Å². The van der Waals surface area contributed by atoms with Crippen molar-refractivity contribution in [2.75, 3.05) is 0 Å². The Morgan fingerprint density at radius 3 is 1.75 bits per heavy atom. The molecule has 1 unspecified atom stereocenters. The summed E-state index contributed by atoms with van der Waals surface area (Å²) in [7, 11) is 0. The number of hydrogen-bond donors (Lipinski definition) is 0. The topological polar surface area (TPSA) is 117 Å². The van der Waals surface area contributed by atoms with E-state index in [1.807, 2.05) is 11.8 Å². The van der Waals surface area contributed by atoms with Crippen LogP contribution in [0.15, 0.2) is 28.8 Å². The molecule has 4 bridgehead atoms. The van der Waals surface area contributed by atoms with Gasteiger partial charge in [-0.25, -0.2) is 0 Å². The van der Waals surface area contributed by atoms with Crippen molar-refractivity contribution >= 4 is 22.8 Å². The molecule has 0 spiro atoms. The Bertz CT molecular complexity index is 829. The number of nitroso groups, excluding NO2 is 1. The zero-order chi connectivity index (χ0) is 21.3. The Morgan fingerprint density at radius 1 is 0.786 bits per heavy atom. The number of nitrogens with zero attached hydrogens (tertiary/aromatic N) is 3. The normalized spacial score (nSPS) is 15.4. The average molecular weight is 419 g/mol. The predicted octanol–water partition coefficient (Wildman–Crippen LogP) is 5.46. The molecule has 0 fully saturated rings. The molecule has 0 N–H and O–H groups in total. The molecule has 4 heterocycles. The molecule has 146 valence electrons. The summed E-state index contributed by atoms with van der Waals surface area (Å²) in [5.74, 6) is 3.57. The summed E-state index contributed by atoms with van der Waals surface area (Å²) in [5.41, 5.74) is 22.3. The predicted molar refractivity (Wildman–Crippen MR) is 112 cm³/mol. The van der Waals surface area contributed by atoms with Crippen molar-refractivity contribution in [1.82, 2.24) is 0 Å². The van der Waals surface area contributed by atoms with Crippen LogP contribution < -0.4 is 0 Å². The van der Waals surface area contributed by atoms with E-state index in [0.29, 0.717) is 0 Å². The van der Waals surface area contributed by atoms with Gasteiger partial charge in [-0.15, -0.1) is 0 Å². The van der Waals surface area contributed by atoms with Crippen molar-refractivity contribution in [2.24, 2.45) is 4.58 Å². The van der Waals surface area contributed by atoms with Gasteiger partial charge in [0, 0.05) is 22.6 Å². The van der Waals surface area contributed by atoms with Crippen molar-refractivity contribution in [2.45, 2.75) is 50.7 Å². The average Bonchev–Trinajstić information content (AvgIpc) is 2.75. The van der Waals surface area contributed by atoms with Crippen LogP contribution in [0.1, 0.15) is 44.5 Å². The molecule has 28 heavy (non-hydrogen) atoms. The van der Waals surface area contributed by atoms with Crippen molar-refractivity contribution in [3.05, 3.63) is 73.7 Å². The van der Waals surface area contributed by atoms with Gasteiger partial charge in [0.15, 0.2) is 27.2 Å². The summed E-state index contributed by atoms with van der Waals surface area (Å²) in [6, 6.07) is 8.70.